The van der Waals surface area contributed by atoms with Crippen LogP contribution in [0.25, 0.3) is 0 Å². The van der Waals surface area contributed by atoms with Gasteiger partial charge in [0.1, 0.15) is 0 Å². The van der Waals surface area contributed by atoms with E-state index < -0.39 is 5.60 Å². The number of aromatic nitrogens is 1. The minimum absolute atomic E-state index is 0.472. The van der Waals surface area contributed by atoms with Crippen LogP contribution in [0.2, 0.25) is 0 Å². The Morgan fingerprint density at radius 3 is 2.72 bits per heavy atom. The molecule has 0 unspecified atom stereocenters. The van der Waals surface area contributed by atoms with Crippen molar-refractivity contribution in [2.24, 2.45) is 13.0 Å². The Kier molecular flexibility index (Phi) is 4.46. The molecule has 3 heteroatoms. The Morgan fingerprint density at radius 1 is 1.44 bits per heavy atom. The molecular formula is C15H26N2O. The van der Waals surface area contributed by atoms with Crippen molar-refractivity contribution in [3.63, 3.8) is 0 Å². The average Bonchev–Trinajstić information content (AvgIpc) is 2.76. The molecule has 1 aromatic rings. The number of nitrogens with one attached hydrogen (secondary N) is 1. The van der Waals surface area contributed by atoms with E-state index in [4.69, 9.17) is 0 Å². The maximum absolute atomic E-state index is 10.5. The Hall–Kier alpha value is -0.800. The molecule has 1 aromatic heterocycles. The third-order valence-electron chi connectivity index (χ3n) is 4.29. The SMILES string of the molecule is CCC1CCC(O)(CNCc2ccn(C)c2)CC1. The van der Waals surface area contributed by atoms with Crippen molar-refractivity contribution >= 4 is 0 Å². The van der Waals surface area contributed by atoms with Crippen LogP contribution < -0.4 is 5.32 Å². The molecule has 1 heterocycles. The zero-order valence-electron chi connectivity index (χ0n) is 11.7. The van der Waals surface area contributed by atoms with Gasteiger partial charge in [-0.05, 0) is 43.2 Å². The van der Waals surface area contributed by atoms with Gasteiger partial charge in [-0.3, -0.25) is 0 Å². The van der Waals surface area contributed by atoms with Crippen molar-refractivity contribution in [2.75, 3.05) is 6.54 Å². The molecule has 0 radical (unpaired) electrons. The number of aliphatic hydroxyl groups is 1. The van der Waals surface area contributed by atoms with Gasteiger partial charge in [-0.15, -0.1) is 0 Å². The standard InChI is InChI=1S/C15H26N2O/c1-3-13-4-7-15(18,8-5-13)12-16-10-14-6-9-17(2)11-14/h6,9,11,13,16,18H,3-5,7-8,10,12H2,1-2H3. The van der Waals surface area contributed by atoms with Crippen LogP contribution in [-0.4, -0.2) is 21.8 Å². The molecule has 2 rings (SSSR count). The Bertz CT molecular complexity index is 364. The van der Waals surface area contributed by atoms with Gasteiger partial charge in [0.25, 0.3) is 0 Å². The first-order chi connectivity index (χ1) is 8.61. The van der Waals surface area contributed by atoms with Gasteiger partial charge in [-0.25, -0.2) is 0 Å². The van der Waals surface area contributed by atoms with Gasteiger partial charge in [0.15, 0.2) is 0 Å². The van der Waals surface area contributed by atoms with E-state index in [2.05, 4.69) is 35.3 Å². The fourth-order valence-electron chi connectivity index (χ4n) is 2.90. The summed E-state index contributed by atoms with van der Waals surface area (Å²) in [6, 6.07) is 2.12. The average molecular weight is 250 g/mol. The molecule has 102 valence electrons. The molecule has 2 N–H and O–H groups in total. The van der Waals surface area contributed by atoms with E-state index in [0.717, 1.165) is 31.8 Å². The topological polar surface area (TPSA) is 37.2 Å². The Morgan fingerprint density at radius 2 is 2.17 bits per heavy atom. The summed E-state index contributed by atoms with van der Waals surface area (Å²) in [7, 11) is 2.03. The first-order valence-electron chi connectivity index (χ1n) is 7.15. The molecule has 0 saturated heterocycles. The van der Waals surface area contributed by atoms with E-state index in [1.54, 1.807) is 0 Å². The van der Waals surface area contributed by atoms with E-state index in [-0.39, 0.29) is 0 Å². The lowest BCUT2D eigenvalue weighted by Gasteiger charge is -2.36. The third kappa shape index (κ3) is 3.59. The van der Waals surface area contributed by atoms with Crippen LogP contribution in [0.4, 0.5) is 0 Å². The van der Waals surface area contributed by atoms with E-state index in [0.29, 0.717) is 0 Å². The van der Waals surface area contributed by atoms with Gasteiger partial charge in [0.05, 0.1) is 5.60 Å². The van der Waals surface area contributed by atoms with E-state index in [1.807, 2.05) is 7.05 Å². The number of nitrogens with zero attached hydrogens (tertiary/aromatic N) is 1. The number of hydrogen-bond donors (Lipinski definition) is 2. The molecule has 0 aliphatic heterocycles. The lowest BCUT2D eigenvalue weighted by atomic mass is 9.78. The van der Waals surface area contributed by atoms with Crippen molar-refractivity contribution < 1.29 is 5.11 Å². The van der Waals surface area contributed by atoms with Gasteiger partial charge in [-0.2, -0.15) is 0 Å². The smallest absolute Gasteiger partial charge is 0.0771 e. The largest absolute Gasteiger partial charge is 0.389 e. The highest BCUT2D eigenvalue weighted by molar-refractivity contribution is 5.09. The summed E-state index contributed by atoms with van der Waals surface area (Å²) in [5.41, 5.74) is 0.809. The number of rotatable bonds is 5. The van der Waals surface area contributed by atoms with Gasteiger partial charge in [0.2, 0.25) is 0 Å². The van der Waals surface area contributed by atoms with Gasteiger partial charge in [0, 0.05) is 32.5 Å². The predicted molar refractivity (Wildman–Crippen MR) is 74.3 cm³/mol. The summed E-state index contributed by atoms with van der Waals surface area (Å²) < 4.78 is 2.05. The lowest BCUT2D eigenvalue weighted by Crippen LogP contribution is -2.43. The van der Waals surface area contributed by atoms with E-state index in [1.165, 1.54) is 24.8 Å². The second kappa shape index (κ2) is 5.89. The van der Waals surface area contributed by atoms with E-state index in [9.17, 15) is 5.11 Å². The monoisotopic (exact) mass is 250 g/mol. The highest BCUT2D eigenvalue weighted by Crippen LogP contribution is 2.33. The fraction of sp³-hybridized carbons (Fsp3) is 0.733. The molecule has 1 fully saturated rings. The molecule has 0 atom stereocenters. The summed E-state index contributed by atoms with van der Waals surface area (Å²) in [6.07, 6.45) is 9.69. The highest BCUT2D eigenvalue weighted by atomic mass is 16.3. The summed E-state index contributed by atoms with van der Waals surface area (Å²) in [4.78, 5) is 0. The fourth-order valence-corrected chi connectivity index (χ4v) is 2.90. The minimum Gasteiger partial charge on any atom is -0.389 e. The van der Waals surface area contributed by atoms with Crippen LogP contribution in [0.15, 0.2) is 18.5 Å². The molecule has 0 spiro atoms. The van der Waals surface area contributed by atoms with Crippen molar-refractivity contribution in [2.45, 2.75) is 51.2 Å². The van der Waals surface area contributed by atoms with Crippen LogP contribution in [-0.2, 0) is 13.6 Å². The van der Waals surface area contributed by atoms with Crippen molar-refractivity contribution in [3.05, 3.63) is 24.0 Å². The molecule has 1 saturated carbocycles. The molecule has 0 bridgehead atoms. The van der Waals surface area contributed by atoms with Crippen LogP contribution in [0, 0.1) is 5.92 Å². The summed E-state index contributed by atoms with van der Waals surface area (Å²) in [5.74, 6) is 0.833. The second-order valence-electron chi connectivity index (χ2n) is 5.86. The number of hydrogen-bond acceptors (Lipinski definition) is 2. The Labute approximate surface area is 110 Å². The maximum atomic E-state index is 10.5. The first-order valence-corrected chi connectivity index (χ1v) is 7.15. The summed E-state index contributed by atoms with van der Waals surface area (Å²) >= 11 is 0. The normalized spacial score (nSPS) is 28.5. The molecule has 1 aliphatic rings. The molecule has 18 heavy (non-hydrogen) atoms. The zero-order valence-corrected chi connectivity index (χ0v) is 11.7. The predicted octanol–water partition coefficient (Wildman–Crippen LogP) is 2.45. The van der Waals surface area contributed by atoms with Crippen molar-refractivity contribution in [3.8, 4) is 0 Å². The highest BCUT2D eigenvalue weighted by Gasteiger charge is 2.31. The Balaban J connectivity index is 1.73. The number of aryl methyl sites for hydroxylation is 1. The molecule has 0 amide bonds. The van der Waals surface area contributed by atoms with Crippen LogP contribution in [0.3, 0.4) is 0 Å². The molecule has 3 nitrogen and oxygen atoms in total. The summed E-state index contributed by atoms with van der Waals surface area (Å²) in [5, 5.41) is 13.9. The first kappa shape index (κ1) is 13.6. The summed E-state index contributed by atoms with van der Waals surface area (Å²) in [6.45, 7) is 3.82. The minimum atomic E-state index is -0.472. The lowest BCUT2D eigenvalue weighted by molar-refractivity contribution is -0.00880. The molecule has 0 aromatic carbocycles. The maximum Gasteiger partial charge on any atom is 0.0771 e. The third-order valence-corrected chi connectivity index (χ3v) is 4.29. The second-order valence-corrected chi connectivity index (χ2v) is 5.86. The van der Waals surface area contributed by atoms with Crippen molar-refractivity contribution in [1.82, 2.24) is 9.88 Å². The quantitative estimate of drug-likeness (QED) is 0.842. The van der Waals surface area contributed by atoms with E-state index >= 15 is 0 Å². The zero-order chi connectivity index (χ0) is 13.0. The molecular weight excluding hydrogens is 224 g/mol. The van der Waals surface area contributed by atoms with Crippen LogP contribution in [0.1, 0.15) is 44.6 Å². The van der Waals surface area contributed by atoms with Crippen LogP contribution >= 0.6 is 0 Å². The van der Waals surface area contributed by atoms with Crippen LogP contribution in [0.5, 0.6) is 0 Å². The van der Waals surface area contributed by atoms with Crippen molar-refractivity contribution in [1.29, 1.82) is 0 Å². The van der Waals surface area contributed by atoms with Gasteiger partial charge >= 0.3 is 0 Å². The molecule has 1 aliphatic carbocycles. The van der Waals surface area contributed by atoms with Gasteiger partial charge < -0.3 is 15.0 Å². The van der Waals surface area contributed by atoms with Gasteiger partial charge in [-0.1, -0.05) is 13.3 Å².